The summed E-state index contributed by atoms with van der Waals surface area (Å²) in [4.78, 5) is 10.1. The van der Waals surface area contributed by atoms with Gasteiger partial charge in [0.2, 0.25) is 0 Å². The van der Waals surface area contributed by atoms with Crippen LogP contribution in [-0.4, -0.2) is 73.8 Å². The summed E-state index contributed by atoms with van der Waals surface area (Å²) < 4.78 is 37.8. The number of nitrogens with zero attached hydrogens (tertiary/aromatic N) is 3. The van der Waals surface area contributed by atoms with Crippen LogP contribution in [0.5, 0.6) is 0 Å². The largest absolute Gasteiger partial charge is 0.401 e. The maximum absolute atomic E-state index is 12.6. The van der Waals surface area contributed by atoms with E-state index < -0.39 is 12.7 Å². The highest BCUT2D eigenvalue weighted by Crippen LogP contribution is 2.28. The summed E-state index contributed by atoms with van der Waals surface area (Å²) in [6.45, 7) is 5.57. The van der Waals surface area contributed by atoms with Crippen molar-refractivity contribution in [1.29, 1.82) is 0 Å². The SMILES string of the molecule is CCNC(=NCC(c1cccs1)N1CCCC1)NC1CCN(CC(F)(F)F)C1. The fourth-order valence-electron chi connectivity index (χ4n) is 3.96. The first-order chi connectivity index (χ1) is 13.4. The second kappa shape index (κ2) is 9.93. The molecule has 2 fully saturated rings. The van der Waals surface area contributed by atoms with E-state index in [0.29, 0.717) is 32.0 Å². The van der Waals surface area contributed by atoms with Crippen LogP contribution in [0.1, 0.15) is 37.1 Å². The molecule has 158 valence electrons. The third kappa shape index (κ3) is 6.35. The number of alkyl halides is 3. The normalized spacial score (nSPS) is 23.3. The highest BCUT2D eigenvalue weighted by Gasteiger charge is 2.34. The summed E-state index contributed by atoms with van der Waals surface area (Å²) in [5, 5.41) is 8.68. The zero-order valence-corrected chi connectivity index (χ0v) is 17.2. The van der Waals surface area contributed by atoms with Crippen LogP contribution in [-0.2, 0) is 0 Å². The van der Waals surface area contributed by atoms with E-state index in [0.717, 1.165) is 19.6 Å². The molecule has 2 unspecified atom stereocenters. The minimum Gasteiger partial charge on any atom is -0.357 e. The Morgan fingerprint density at radius 1 is 1.32 bits per heavy atom. The van der Waals surface area contributed by atoms with Gasteiger partial charge in [0.1, 0.15) is 0 Å². The zero-order valence-electron chi connectivity index (χ0n) is 16.3. The first-order valence-electron chi connectivity index (χ1n) is 10.1. The lowest BCUT2D eigenvalue weighted by molar-refractivity contribution is -0.143. The third-order valence-corrected chi connectivity index (χ3v) is 6.21. The van der Waals surface area contributed by atoms with Crippen molar-refractivity contribution >= 4 is 17.3 Å². The molecule has 2 aliphatic rings. The Morgan fingerprint density at radius 2 is 2.11 bits per heavy atom. The van der Waals surface area contributed by atoms with Gasteiger partial charge in [-0.1, -0.05) is 6.07 Å². The minimum absolute atomic E-state index is 0.00729. The van der Waals surface area contributed by atoms with Gasteiger partial charge in [-0.2, -0.15) is 13.2 Å². The van der Waals surface area contributed by atoms with E-state index in [1.165, 1.54) is 22.6 Å². The van der Waals surface area contributed by atoms with Gasteiger partial charge in [0, 0.05) is 30.6 Å². The van der Waals surface area contributed by atoms with Crippen molar-refractivity contribution in [3.63, 3.8) is 0 Å². The van der Waals surface area contributed by atoms with Crippen LogP contribution in [0.4, 0.5) is 13.2 Å². The van der Waals surface area contributed by atoms with Crippen LogP contribution < -0.4 is 10.6 Å². The van der Waals surface area contributed by atoms with Gasteiger partial charge >= 0.3 is 6.18 Å². The van der Waals surface area contributed by atoms with Crippen molar-refractivity contribution in [1.82, 2.24) is 20.4 Å². The molecule has 28 heavy (non-hydrogen) atoms. The molecule has 0 aromatic carbocycles. The minimum atomic E-state index is -4.14. The number of guanidine groups is 1. The van der Waals surface area contributed by atoms with Gasteiger partial charge in [-0.3, -0.25) is 14.8 Å². The number of aliphatic imine (C=N–C) groups is 1. The molecule has 0 aliphatic carbocycles. The summed E-state index contributed by atoms with van der Waals surface area (Å²) in [6.07, 6.45) is -1.000. The highest BCUT2D eigenvalue weighted by atomic mass is 32.1. The molecule has 0 saturated carbocycles. The molecule has 2 atom stereocenters. The lowest BCUT2D eigenvalue weighted by Gasteiger charge is -2.26. The molecule has 0 bridgehead atoms. The smallest absolute Gasteiger partial charge is 0.357 e. The summed E-state index contributed by atoms with van der Waals surface area (Å²) >= 11 is 1.76. The molecule has 3 rings (SSSR count). The number of nitrogens with one attached hydrogen (secondary N) is 2. The summed E-state index contributed by atoms with van der Waals surface area (Å²) in [6, 6.07) is 4.50. The van der Waals surface area contributed by atoms with E-state index >= 15 is 0 Å². The lowest BCUT2D eigenvalue weighted by atomic mass is 10.2. The standard InChI is InChI=1S/C19H30F3N5S/c1-2-23-18(25-15-7-10-26(13-15)14-19(20,21)22)24-12-16(17-6-5-11-28-17)27-8-3-4-9-27/h5-6,11,15-16H,2-4,7-10,12-14H2,1H3,(H2,23,24,25). The van der Waals surface area contributed by atoms with Gasteiger partial charge in [-0.25, -0.2) is 0 Å². The summed E-state index contributed by atoms with van der Waals surface area (Å²) in [5.41, 5.74) is 0. The van der Waals surface area contributed by atoms with E-state index in [-0.39, 0.29) is 12.1 Å². The molecule has 2 saturated heterocycles. The van der Waals surface area contributed by atoms with Crippen LogP contribution >= 0.6 is 11.3 Å². The second-order valence-corrected chi connectivity index (χ2v) is 8.45. The Kier molecular flexibility index (Phi) is 7.59. The predicted octanol–water partition coefficient (Wildman–Crippen LogP) is 3.08. The van der Waals surface area contributed by atoms with Crippen molar-refractivity contribution in [3.8, 4) is 0 Å². The molecule has 5 nitrogen and oxygen atoms in total. The van der Waals surface area contributed by atoms with Gasteiger partial charge in [0.05, 0.1) is 19.1 Å². The Morgan fingerprint density at radius 3 is 2.75 bits per heavy atom. The van der Waals surface area contributed by atoms with Crippen LogP contribution in [0.3, 0.4) is 0 Å². The van der Waals surface area contributed by atoms with Crippen molar-refractivity contribution < 1.29 is 13.2 Å². The average molecular weight is 418 g/mol. The van der Waals surface area contributed by atoms with Gasteiger partial charge in [-0.05, 0) is 50.7 Å². The molecular weight excluding hydrogens is 387 g/mol. The van der Waals surface area contributed by atoms with Crippen LogP contribution in [0.25, 0.3) is 0 Å². The predicted molar refractivity (Wildman–Crippen MR) is 108 cm³/mol. The number of hydrogen-bond donors (Lipinski definition) is 2. The molecule has 2 N–H and O–H groups in total. The molecular formula is C19H30F3N5S. The number of thiophene rings is 1. The number of hydrogen-bond acceptors (Lipinski definition) is 4. The molecule has 1 aromatic rings. The molecule has 2 aliphatic heterocycles. The number of halogens is 3. The Hall–Kier alpha value is -1.32. The van der Waals surface area contributed by atoms with Gasteiger partial charge < -0.3 is 10.6 Å². The van der Waals surface area contributed by atoms with E-state index in [9.17, 15) is 13.2 Å². The van der Waals surface area contributed by atoms with Crippen molar-refractivity contribution in [2.75, 3.05) is 45.8 Å². The Labute approximate surface area is 169 Å². The zero-order chi connectivity index (χ0) is 20.0. The molecule has 0 radical (unpaired) electrons. The van der Waals surface area contributed by atoms with E-state index in [4.69, 9.17) is 4.99 Å². The van der Waals surface area contributed by atoms with E-state index in [2.05, 4.69) is 33.0 Å². The number of rotatable bonds is 7. The lowest BCUT2D eigenvalue weighted by Crippen LogP contribution is -2.45. The average Bonchev–Trinajstić information content (AvgIpc) is 3.37. The van der Waals surface area contributed by atoms with Gasteiger partial charge in [-0.15, -0.1) is 11.3 Å². The molecule has 1 aromatic heterocycles. The monoisotopic (exact) mass is 417 g/mol. The Bertz CT molecular complexity index is 614. The molecule has 0 amide bonds. The van der Waals surface area contributed by atoms with E-state index in [1.54, 1.807) is 11.3 Å². The molecule has 9 heteroatoms. The maximum Gasteiger partial charge on any atom is 0.401 e. The topological polar surface area (TPSA) is 42.9 Å². The first kappa shape index (κ1) is 21.4. The Balaban J connectivity index is 1.60. The van der Waals surface area contributed by atoms with Crippen LogP contribution in [0.15, 0.2) is 22.5 Å². The van der Waals surface area contributed by atoms with Crippen molar-refractivity contribution in [3.05, 3.63) is 22.4 Å². The second-order valence-electron chi connectivity index (χ2n) is 7.47. The first-order valence-corrected chi connectivity index (χ1v) is 10.9. The van der Waals surface area contributed by atoms with Crippen molar-refractivity contribution in [2.45, 2.75) is 44.4 Å². The molecule has 0 spiro atoms. The fourth-order valence-corrected chi connectivity index (χ4v) is 4.81. The number of likely N-dealkylation sites (tertiary alicyclic amines) is 2. The third-order valence-electron chi connectivity index (χ3n) is 5.24. The van der Waals surface area contributed by atoms with Crippen molar-refractivity contribution in [2.24, 2.45) is 4.99 Å². The fraction of sp³-hybridized carbons (Fsp3) is 0.737. The van der Waals surface area contributed by atoms with Gasteiger partial charge in [0.15, 0.2) is 5.96 Å². The van der Waals surface area contributed by atoms with Crippen LogP contribution in [0, 0.1) is 0 Å². The van der Waals surface area contributed by atoms with Crippen LogP contribution in [0.2, 0.25) is 0 Å². The van der Waals surface area contributed by atoms with Gasteiger partial charge in [0.25, 0.3) is 0 Å². The quantitative estimate of drug-likeness (QED) is 0.529. The highest BCUT2D eigenvalue weighted by molar-refractivity contribution is 7.10. The molecule has 3 heterocycles. The van der Waals surface area contributed by atoms with E-state index in [1.807, 2.05) is 6.92 Å². The maximum atomic E-state index is 12.6. The summed E-state index contributed by atoms with van der Waals surface area (Å²) in [5.74, 6) is 0.696. The summed E-state index contributed by atoms with van der Waals surface area (Å²) in [7, 11) is 0.